The number of likely N-dealkylation sites (N-methyl/N-ethyl adjacent to an activating group) is 1. The van der Waals surface area contributed by atoms with Gasteiger partial charge in [-0.25, -0.2) is 0 Å². The summed E-state index contributed by atoms with van der Waals surface area (Å²) in [6, 6.07) is 8.35. The van der Waals surface area contributed by atoms with E-state index in [0.29, 0.717) is 27.7 Å². The standard InChI is InChI=1S/C13H15NO2Se/c1-3-16-13(15)8-14(2)11-9-17-12-7-5-4-6-10(11)12/h4-7,9H,3,8H2,1-2H3. The van der Waals surface area contributed by atoms with E-state index in [2.05, 4.69) is 23.1 Å². The van der Waals surface area contributed by atoms with Crippen molar-refractivity contribution in [2.45, 2.75) is 6.92 Å². The molecule has 0 atom stereocenters. The first-order chi connectivity index (χ1) is 8.22. The van der Waals surface area contributed by atoms with Gasteiger partial charge in [0.15, 0.2) is 0 Å². The first-order valence-corrected chi connectivity index (χ1v) is 7.40. The molecule has 0 N–H and O–H groups in total. The second kappa shape index (κ2) is 5.39. The van der Waals surface area contributed by atoms with Crippen LogP contribution in [0.5, 0.6) is 0 Å². The van der Waals surface area contributed by atoms with E-state index in [0.717, 1.165) is 5.69 Å². The molecule has 0 spiro atoms. The molecule has 0 aliphatic heterocycles. The first kappa shape index (κ1) is 12.2. The normalized spacial score (nSPS) is 10.5. The fraction of sp³-hybridized carbons (Fsp3) is 0.308. The molecule has 0 fully saturated rings. The average Bonchev–Trinajstić information content (AvgIpc) is 2.72. The van der Waals surface area contributed by atoms with Crippen molar-refractivity contribution in [3.05, 3.63) is 29.2 Å². The van der Waals surface area contributed by atoms with Crippen LogP contribution in [0.4, 0.5) is 5.69 Å². The molecule has 2 aromatic rings. The average molecular weight is 296 g/mol. The summed E-state index contributed by atoms with van der Waals surface area (Å²) in [6.07, 6.45) is 0. The fourth-order valence-corrected chi connectivity index (χ4v) is 3.85. The van der Waals surface area contributed by atoms with Crippen LogP contribution in [0.2, 0.25) is 0 Å². The number of ether oxygens (including phenoxy) is 1. The molecule has 0 aliphatic rings. The molecule has 1 aromatic carbocycles. The van der Waals surface area contributed by atoms with E-state index in [1.165, 1.54) is 9.65 Å². The van der Waals surface area contributed by atoms with E-state index in [1.807, 2.05) is 24.9 Å². The number of carbonyl (C=O) groups excluding carboxylic acids is 1. The molecule has 0 amide bonds. The Bertz CT molecular complexity index is 521. The van der Waals surface area contributed by atoms with Crippen LogP contribution in [0.15, 0.2) is 29.2 Å². The number of hydrogen-bond acceptors (Lipinski definition) is 3. The monoisotopic (exact) mass is 297 g/mol. The number of nitrogens with zero attached hydrogens (tertiary/aromatic N) is 1. The molecule has 1 aromatic heterocycles. The molecule has 2 rings (SSSR count). The van der Waals surface area contributed by atoms with Gasteiger partial charge in [0.25, 0.3) is 0 Å². The van der Waals surface area contributed by atoms with Gasteiger partial charge in [-0.2, -0.15) is 0 Å². The van der Waals surface area contributed by atoms with Crippen molar-refractivity contribution in [3.8, 4) is 0 Å². The van der Waals surface area contributed by atoms with Gasteiger partial charge in [0.05, 0.1) is 0 Å². The zero-order valence-electron chi connectivity index (χ0n) is 9.97. The summed E-state index contributed by atoms with van der Waals surface area (Å²) in [5, 5.41) is 1.25. The molecule has 3 nitrogen and oxygen atoms in total. The topological polar surface area (TPSA) is 29.5 Å². The zero-order chi connectivity index (χ0) is 12.3. The maximum atomic E-state index is 11.4. The Morgan fingerprint density at radius 1 is 1.41 bits per heavy atom. The van der Waals surface area contributed by atoms with E-state index in [9.17, 15) is 4.79 Å². The second-order valence-corrected chi connectivity index (χ2v) is 5.69. The number of fused-ring (bicyclic) bond motifs is 1. The van der Waals surface area contributed by atoms with Crippen molar-refractivity contribution >= 4 is 35.8 Å². The maximum absolute atomic E-state index is 11.4. The van der Waals surface area contributed by atoms with Gasteiger partial charge in [0.2, 0.25) is 0 Å². The summed E-state index contributed by atoms with van der Waals surface area (Å²) in [5.74, 6) is -0.173. The van der Waals surface area contributed by atoms with Crippen LogP contribution in [0.1, 0.15) is 6.92 Å². The molecule has 0 unspecified atom stereocenters. The van der Waals surface area contributed by atoms with Gasteiger partial charge in [-0.3, -0.25) is 0 Å². The molecular weight excluding hydrogens is 281 g/mol. The van der Waals surface area contributed by atoms with Crippen LogP contribution >= 0.6 is 0 Å². The number of esters is 1. The number of anilines is 1. The third kappa shape index (κ3) is 2.71. The Morgan fingerprint density at radius 2 is 2.18 bits per heavy atom. The summed E-state index contributed by atoms with van der Waals surface area (Å²) >= 11 is 0.384. The van der Waals surface area contributed by atoms with Gasteiger partial charge < -0.3 is 0 Å². The molecule has 0 radical (unpaired) electrons. The quantitative estimate of drug-likeness (QED) is 0.637. The molecule has 0 bridgehead atoms. The van der Waals surface area contributed by atoms with Crippen LogP contribution < -0.4 is 4.90 Å². The van der Waals surface area contributed by atoms with Crippen LogP contribution in [-0.4, -0.2) is 40.7 Å². The third-order valence-corrected chi connectivity index (χ3v) is 4.54. The number of hydrogen-bond donors (Lipinski definition) is 0. The van der Waals surface area contributed by atoms with Crippen LogP contribution in [0, 0.1) is 0 Å². The van der Waals surface area contributed by atoms with Crippen molar-refractivity contribution in [3.63, 3.8) is 0 Å². The summed E-state index contributed by atoms with van der Waals surface area (Å²) in [7, 11) is 1.93. The van der Waals surface area contributed by atoms with Crippen molar-refractivity contribution in [2.24, 2.45) is 0 Å². The molecule has 17 heavy (non-hydrogen) atoms. The van der Waals surface area contributed by atoms with Crippen LogP contribution in [0.3, 0.4) is 0 Å². The predicted octanol–water partition coefficient (Wildman–Crippen LogP) is 1.90. The summed E-state index contributed by atoms with van der Waals surface area (Å²) in [6.45, 7) is 2.57. The Hall–Kier alpha value is -1.25. The summed E-state index contributed by atoms with van der Waals surface area (Å²) < 4.78 is 6.34. The Labute approximate surface area is 107 Å². The Morgan fingerprint density at radius 3 is 2.94 bits per heavy atom. The fourth-order valence-electron chi connectivity index (χ4n) is 1.74. The summed E-state index contributed by atoms with van der Waals surface area (Å²) in [4.78, 5) is 15.6. The summed E-state index contributed by atoms with van der Waals surface area (Å²) in [5.41, 5.74) is 1.15. The molecule has 4 heteroatoms. The SMILES string of the molecule is CCOC(=O)CN(C)c1c[se]c2ccccc12. The zero-order valence-corrected chi connectivity index (χ0v) is 11.7. The first-order valence-electron chi connectivity index (χ1n) is 5.55. The second-order valence-electron chi connectivity index (χ2n) is 3.78. The number of carbonyl (C=O) groups is 1. The molecule has 0 aliphatic carbocycles. The minimum atomic E-state index is -0.173. The van der Waals surface area contributed by atoms with Gasteiger partial charge in [-0.1, -0.05) is 0 Å². The van der Waals surface area contributed by atoms with Crippen molar-refractivity contribution < 1.29 is 9.53 Å². The number of rotatable bonds is 4. The van der Waals surface area contributed by atoms with Gasteiger partial charge in [-0.15, -0.1) is 0 Å². The number of benzene rings is 1. The third-order valence-electron chi connectivity index (χ3n) is 2.54. The Balaban J connectivity index is 2.19. The Kier molecular flexibility index (Phi) is 3.87. The van der Waals surface area contributed by atoms with E-state index >= 15 is 0 Å². The molecular formula is C13H15NO2Se. The molecule has 90 valence electrons. The van der Waals surface area contributed by atoms with Crippen LogP contribution in [-0.2, 0) is 9.53 Å². The van der Waals surface area contributed by atoms with Gasteiger partial charge in [0, 0.05) is 0 Å². The van der Waals surface area contributed by atoms with Gasteiger partial charge >= 0.3 is 107 Å². The van der Waals surface area contributed by atoms with Gasteiger partial charge in [0.1, 0.15) is 0 Å². The molecule has 1 heterocycles. The molecule has 0 saturated carbocycles. The van der Waals surface area contributed by atoms with E-state index in [1.54, 1.807) is 0 Å². The van der Waals surface area contributed by atoms with Crippen LogP contribution in [0.25, 0.3) is 9.65 Å². The molecule has 0 saturated heterocycles. The van der Waals surface area contributed by atoms with Crippen molar-refractivity contribution in [2.75, 3.05) is 25.1 Å². The van der Waals surface area contributed by atoms with E-state index < -0.39 is 0 Å². The van der Waals surface area contributed by atoms with E-state index in [-0.39, 0.29) is 5.97 Å². The van der Waals surface area contributed by atoms with E-state index in [4.69, 9.17) is 4.74 Å². The van der Waals surface area contributed by atoms with Gasteiger partial charge in [-0.05, 0) is 0 Å². The minimum absolute atomic E-state index is 0.173. The van der Waals surface area contributed by atoms with Crippen molar-refractivity contribution in [1.29, 1.82) is 0 Å². The predicted molar refractivity (Wildman–Crippen MR) is 70.8 cm³/mol. The van der Waals surface area contributed by atoms with Crippen molar-refractivity contribution in [1.82, 2.24) is 0 Å².